The van der Waals surface area contributed by atoms with Gasteiger partial charge in [0.05, 0.1) is 12.1 Å². The molecule has 0 bridgehead atoms. The Kier molecular flexibility index (Phi) is 5.96. The second-order valence-electron chi connectivity index (χ2n) is 7.71. The summed E-state index contributed by atoms with van der Waals surface area (Å²) in [6.07, 6.45) is 6.09. The van der Waals surface area contributed by atoms with Crippen molar-refractivity contribution in [2.75, 3.05) is 32.8 Å². The van der Waals surface area contributed by atoms with Crippen LogP contribution in [0.25, 0.3) is 0 Å². The van der Waals surface area contributed by atoms with Crippen molar-refractivity contribution in [3.8, 4) is 11.5 Å². The van der Waals surface area contributed by atoms with Gasteiger partial charge in [0.2, 0.25) is 0 Å². The fraction of sp³-hybridized carbons (Fsp3) is 0.524. The van der Waals surface area contributed by atoms with E-state index < -0.39 is 0 Å². The van der Waals surface area contributed by atoms with Gasteiger partial charge in [0.15, 0.2) is 11.5 Å². The third kappa shape index (κ3) is 3.81. The summed E-state index contributed by atoms with van der Waals surface area (Å²) in [5, 5.41) is 8.03. The van der Waals surface area contributed by atoms with E-state index in [9.17, 15) is 4.79 Å². The first-order valence-electron chi connectivity index (χ1n) is 10.3. The second kappa shape index (κ2) is 8.63. The number of nitrogens with zero attached hydrogens (tertiary/aromatic N) is 3. The maximum Gasteiger partial charge on any atom is 0.274 e. The van der Waals surface area contributed by atoms with Crippen molar-refractivity contribution >= 4 is 18.3 Å². The molecule has 29 heavy (non-hydrogen) atoms. The fourth-order valence-corrected chi connectivity index (χ4v) is 4.55. The number of nitrogens with one attached hydrogen (secondary N) is 1. The zero-order chi connectivity index (χ0) is 18.9. The fourth-order valence-electron chi connectivity index (χ4n) is 4.55. The molecule has 3 aliphatic heterocycles. The Morgan fingerprint density at radius 3 is 2.90 bits per heavy atom. The highest BCUT2D eigenvalue weighted by atomic mass is 35.5. The molecule has 2 unspecified atom stereocenters. The number of fused-ring (bicyclic) bond motifs is 1. The number of aromatic nitrogens is 2. The molecular weight excluding hydrogens is 392 g/mol. The van der Waals surface area contributed by atoms with E-state index in [-0.39, 0.29) is 24.4 Å². The van der Waals surface area contributed by atoms with Gasteiger partial charge in [-0.15, -0.1) is 12.4 Å². The van der Waals surface area contributed by atoms with Gasteiger partial charge in [-0.2, -0.15) is 5.10 Å². The highest BCUT2D eigenvalue weighted by Crippen LogP contribution is 2.43. The number of piperidine rings is 1. The Balaban J connectivity index is 0.00000205. The highest BCUT2D eigenvalue weighted by Gasteiger charge is 2.35. The average molecular weight is 419 g/mol. The number of ether oxygens (including phenoxy) is 2. The molecule has 0 saturated carbocycles. The Bertz CT molecular complexity index is 865. The van der Waals surface area contributed by atoms with Crippen LogP contribution in [0, 0.1) is 0 Å². The maximum absolute atomic E-state index is 13.3. The van der Waals surface area contributed by atoms with Gasteiger partial charge in [-0.1, -0.05) is 12.1 Å². The number of para-hydroxylation sites is 1. The van der Waals surface area contributed by atoms with Crippen LogP contribution in [0.5, 0.6) is 11.5 Å². The quantitative estimate of drug-likeness (QED) is 0.829. The summed E-state index contributed by atoms with van der Waals surface area (Å²) in [7, 11) is 0. The Morgan fingerprint density at radius 1 is 1.14 bits per heavy atom. The van der Waals surface area contributed by atoms with Crippen LogP contribution < -0.4 is 14.8 Å². The molecule has 156 valence electrons. The number of hydrogen-bond acceptors (Lipinski definition) is 5. The van der Waals surface area contributed by atoms with E-state index in [0.717, 1.165) is 62.4 Å². The molecule has 2 atom stereocenters. The van der Waals surface area contributed by atoms with Crippen LogP contribution in [0.3, 0.4) is 0 Å². The van der Waals surface area contributed by atoms with E-state index >= 15 is 0 Å². The van der Waals surface area contributed by atoms with Crippen molar-refractivity contribution in [2.24, 2.45) is 0 Å². The van der Waals surface area contributed by atoms with Crippen LogP contribution in [-0.4, -0.2) is 53.4 Å². The van der Waals surface area contributed by atoms with Crippen LogP contribution in [0.4, 0.5) is 0 Å². The summed E-state index contributed by atoms with van der Waals surface area (Å²) in [5.74, 6) is 1.56. The van der Waals surface area contributed by atoms with Crippen molar-refractivity contribution in [3.05, 3.63) is 41.7 Å². The number of hydrogen-bond donors (Lipinski definition) is 1. The zero-order valence-corrected chi connectivity index (χ0v) is 17.2. The van der Waals surface area contributed by atoms with Crippen molar-refractivity contribution in [1.82, 2.24) is 20.0 Å². The van der Waals surface area contributed by atoms with E-state index in [1.165, 1.54) is 0 Å². The predicted octanol–water partition coefficient (Wildman–Crippen LogP) is 2.98. The summed E-state index contributed by atoms with van der Waals surface area (Å²) in [6, 6.07) is 8.15. The Labute approximate surface area is 176 Å². The first kappa shape index (κ1) is 20.0. The van der Waals surface area contributed by atoms with Crippen molar-refractivity contribution in [2.45, 2.75) is 37.8 Å². The third-order valence-corrected chi connectivity index (χ3v) is 5.94. The maximum atomic E-state index is 13.3. The molecule has 2 aromatic rings. The molecule has 0 spiro atoms. The van der Waals surface area contributed by atoms with Gasteiger partial charge in [-0.25, -0.2) is 0 Å². The number of amides is 1. The monoisotopic (exact) mass is 418 g/mol. The average Bonchev–Trinajstić information content (AvgIpc) is 3.43. The molecule has 2 saturated heterocycles. The summed E-state index contributed by atoms with van der Waals surface area (Å²) < 4.78 is 13.6. The molecule has 0 radical (unpaired) electrons. The second-order valence-corrected chi connectivity index (χ2v) is 7.71. The highest BCUT2D eigenvalue weighted by molar-refractivity contribution is 5.92. The SMILES string of the molecule is Cl.O=C(c1ccn(C2CCCNC2)n1)N1CCCC1c1cccc2c1OCCO2. The van der Waals surface area contributed by atoms with Crippen LogP contribution >= 0.6 is 12.4 Å². The van der Waals surface area contributed by atoms with Crippen molar-refractivity contribution in [3.63, 3.8) is 0 Å². The van der Waals surface area contributed by atoms with Gasteiger partial charge in [0.25, 0.3) is 5.91 Å². The van der Waals surface area contributed by atoms with Crippen molar-refractivity contribution in [1.29, 1.82) is 0 Å². The number of rotatable bonds is 3. The molecule has 5 rings (SSSR count). The first-order valence-corrected chi connectivity index (χ1v) is 10.3. The summed E-state index contributed by atoms with van der Waals surface area (Å²) in [5.41, 5.74) is 1.57. The molecule has 3 aliphatic rings. The lowest BCUT2D eigenvalue weighted by atomic mass is 10.0. The largest absolute Gasteiger partial charge is 0.486 e. The van der Waals surface area contributed by atoms with E-state index in [1.807, 2.05) is 34.0 Å². The van der Waals surface area contributed by atoms with E-state index in [0.29, 0.717) is 24.9 Å². The van der Waals surface area contributed by atoms with Gasteiger partial charge in [0, 0.05) is 24.8 Å². The van der Waals surface area contributed by atoms with E-state index in [2.05, 4.69) is 16.5 Å². The van der Waals surface area contributed by atoms with Crippen LogP contribution in [0.2, 0.25) is 0 Å². The van der Waals surface area contributed by atoms with Crippen LogP contribution in [-0.2, 0) is 0 Å². The van der Waals surface area contributed by atoms with Crippen molar-refractivity contribution < 1.29 is 14.3 Å². The van der Waals surface area contributed by atoms with Gasteiger partial charge < -0.3 is 19.7 Å². The van der Waals surface area contributed by atoms with Crippen LogP contribution in [0.15, 0.2) is 30.5 Å². The summed E-state index contributed by atoms with van der Waals surface area (Å²) in [4.78, 5) is 15.2. The summed E-state index contributed by atoms with van der Waals surface area (Å²) in [6.45, 7) is 3.83. The molecule has 1 N–H and O–H groups in total. The standard InChI is InChI=1S/C21H26N4O3.ClH/c26-21(17-8-11-25(23-17)15-4-2-9-22-14-15)24-10-3-6-18(24)16-5-1-7-19-20(16)28-13-12-27-19;/h1,5,7-8,11,15,18,22H,2-4,6,9-10,12-14H2;1H. The minimum atomic E-state index is -0.000602. The number of benzene rings is 1. The number of likely N-dealkylation sites (tertiary alicyclic amines) is 1. The molecule has 2 fully saturated rings. The molecule has 0 aliphatic carbocycles. The molecule has 4 heterocycles. The lowest BCUT2D eigenvalue weighted by Gasteiger charge is -2.28. The third-order valence-electron chi connectivity index (χ3n) is 5.94. The minimum Gasteiger partial charge on any atom is -0.486 e. The smallest absolute Gasteiger partial charge is 0.274 e. The Morgan fingerprint density at radius 2 is 2.03 bits per heavy atom. The molecule has 8 heteroatoms. The van der Waals surface area contributed by atoms with Gasteiger partial charge >= 0.3 is 0 Å². The lowest BCUT2D eigenvalue weighted by molar-refractivity contribution is 0.0723. The minimum absolute atomic E-state index is 0. The Hall–Kier alpha value is -2.25. The molecular formula is C21H27ClN4O3. The zero-order valence-electron chi connectivity index (χ0n) is 16.4. The molecule has 1 aromatic carbocycles. The number of halogens is 1. The number of carbonyl (C=O) groups is 1. The molecule has 1 aromatic heterocycles. The lowest BCUT2D eigenvalue weighted by Crippen LogP contribution is -2.33. The van der Waals surface area contributed by atoms with Gasteiger partial charge in [0.1, 0.15) is 18.9 Å². The number of carbonyl (C=O) groups excluding carboxylic acids is 1. The summed E-state index contributed by atoms with van der Waals surface area (Å²) >= 11 is 0. The predicted molar refractivity (Wildman–Crippen MR) is 111 cm³/mol. The van der Waals surface area contributed by atoms with E-state index in [1.54, 1.807) is 0 Å². The molecule has 7 nitrogen and oxygen atoms in total. The normalized spacial score (nSPS) is 23.5. The topological polar surface area (TPSA) is 68.6 Å². The van der Waals surface area contributed by atoms with E-state index in [4.69, 9.17) is 9.47 Å². The van der Waals surface area contributed by atoms with Gasteiger partial charge in [-0.3, -0.25) is 9.48 Å². The first-order chi connectivity index (χ1) is 13.8. The van der Waals surface area contributed by atoms with Crippen LogP contribution in [0.1, 0.15) is 53.8 Å². The molecule has 1 amide bonds. The van der Waals surface area contributed by atoms with Gasteiger partial charge in [-0.05, 0) is 44.4 Å².